The maximum atomic E-state index is 12.7. The number of hydrogen-bond acceptors (Lipinski definition) is 4. The number of amides is 2. The summed E-state index contributed by atoms with van der Waals surface area (Å²) >= 11 is 0. The minimum atomic E-state index is 0.0661. The summed E-state index contributed by atoms with van der Waals surface area (Å²) in [5, 5.41) is 10.5. The van der Waals surface area contributed by atoms with Gasteiger partial charge in [-0.15, -0.1) is 5.10 Å². The van der Waals surface area contributed by atoms with Crippen molar-refractivity contribution in [1.82, 2.24) is 30.2 Å². The molecule has 0 saturated carbocycles. The Labute approximate surface area is 153 Å². The number of likely N-dealkylation sites (tertiary alicyclic amines) is 2. The first kappa shape index (κ1) is 17.0. The minimum absolute atomic E-state index is 0.0661. The summed E-state index contributed by atoms with van der Waals surface area (Å²) < 4.78 is 0. The molecule has 2 saturated heterocycles. The molecule has 0 unspecified atom stereocenters. The van der Waals surface area contributed by atoms with E-state index in [0.717, 1.165) is 44.0 Å². The highest BCUT2D eigenvalue weighted by Gasteiger charge is 2.37. The Morgan fingerprint density at radius 3 is 2.50 bits per heavy atom. The lowest BCUT2D eigenvalue weighted by Crippen LogP contribution is -2.53. The van der Waals surface area contributed by atoms with Crippen LogP contribution >= 0.6 is 0 Å². The molecule has 1 atom stereocenters. The van der Waals surface area contributed by atoms with E-state index in [1.54, 1.807) is 6.20 Å². The molecule has 2 aliphatic rings. The second-order valence-electron chi connectivity index (χ2n) is 8.45. The van der Waals surface area contributed by atoms with Gasteiger partial charge in [-0.25, -0.2) is 4.79 Å². The van der Waals surface area contributed by atoms with Crippen molar-refractivity contribution in [3.63, 3.8) is 0 Å². The maximum Gasteiger partial charge on any atom is 0.320 e. The average molecular weight is 354 g/mol. The molecule has 1 N–H and O–H groups in total. The van der Waals surface area contributed by atoms with Crippen LogP contribution in [0.3, 0.4) is 0 Å². The van der Waals surface area contributed by atoms with Crippen LogP contribution in [0.15, 0.2) is 24.5 Å². The zero-order valence-electron chi connectivity index (χ0n) is 15.6. The van der Waals surface area contributed by atoms with E-state index < -0.39 is 0 Å². The highest BCUT2D eigenvalue weighted by atomic mass is 16.2. The van der Waals surface area contributed by atoms with Gasteiger partial charge in [-0.3, -0.25) is 10.1 Å². The molecule has 7 heteroatoms. The second-order valence-corrected chi connectivity index (χ2v) is 8.45. The third-order valence-electron chi connectivity index (χ3n) is 5.51. The fourth-order valence-electron chi connectivity index (χ4n) is 3.73. The van der Waals surface area contributed by atoms with Crippen LogP contribution < -0.4 is 0 Å². The molecule has 2 amide bonds. The Bertz CT molecular complexity index is 758. The van der Waals surface area contributed by atoms with E-state index in [2.05, 4.69) is 53.3 Å². The second kappa shape index (κ2) is 6.37. The topological polar surface area (TPSA) is 78.0 Å². The van der Waals surface area contributed by atoms with Crippen molar-refractivity contribution in [2.45, 2.75) is 44.4 Å². The number of pyridine rings is 1. The minimum Gasteiger partial charge on any atom is -0.324 e. The molecule has 4 rings (SSSR count). The first-order chi connectivity index (χ1) is 12.4. The van der Waals surface area contributed by atoms with Crippen molar-refractivity contribution >= 4 is 6.03 Å². The SMILES string of the molecule is CC(C)(C)c1ccc(C2CN(C(=O)N3CC[C@H](c4cnn[nH]4)C3)C2)cn1. The third-order valence-corrected chi connectivity index (χ3v) is 5.51. The van der Waals surface area contributed by atoms with Gasteiger partial charge < -0.3 is 9.80 Å². The highest BCUT2D eigenvalue weighted by molar-refractivity contribution is 5.76. The van der Waals surface area contributed by atoms with Crippen molar-refractivity contribution in [2.75, 3.05) is 26.2 Å². The maximum absolute atomic E-state index is 12.7. The van der Waals surface area contributed by atoms with E-state index in [9.17, 15) is 4.79 Å². The van der Waals surface area contributed by atoms with Crippen LogP contribution in [0, 0.1) is 0 Å². The quantitative estimate of drug-likeness (QED) is 0.899. The molecule has 0 bridgehead atoms. The summed E-state index contributed by atoms with van der Waals surface area (Å²) in [7, 11) is 0. The molecule has 4 heterocycles. The molecule has 26 heavy (non-hydrogen) atoms. The zero-order valence-corrected chi connectivity index (χ0v) is 15.6. The number of hydrogen-bond donors (Lipinski definition) is 1. The molecule has 0 aliphatic carbocycles. The molecule has 0 radical (unpaired) electrons. The molecular weight excluding hydrogens is 328 g/mol. The molecule has 0 spiro atoms. The number of aromatic nitrogens is 4. The van der Waals surface area contributed by atoms with E-state index in [4.69, 9.17) is 0 Å². The van der Waals surface area contributed by atoms with Gasteiger partial charge in [-0.05, 0) is 18.1 Å². The highest BCUT2D eigenvalue weighted by Crippen LogP contribution is 2.31. The van der Waals surface area contributed by atoms with Gasteiger partial charge in [0.05, 0.1) is 11.9 Å². The molecule has 138 valence electrons. The largest absolute Gasteiger partial charge is 0.324 e. The van der Waals surface area contributed by atoms with Gasteiger partial charge in [0.2, 0.25) is 0 Å². The van der Waals surface area contributed by atoms with Crippen molar-refractivity contribution in [3.05, 3.63) is 41.5 Å². The summed E-state index contributed by atoms with van der Waals surface area (Å²) in [5.74, 6) is 0.718. The van der Waals surface area contributed by atoms with Crippen molar-refractivity contribution in [1.29, 1.82) is 0 Å². The summed E-state index contributed by atoms with van der Waals surface area (Å²) in [6, 6.07) is 4.43. The molecular formula is C19H26N6O. The zero-order chi connectivity index (χ0) is 18.3. The number of rotatable bonds is 2. The van der Waals surface area contributed by atoms with Gasteiger partial charge in [-0.2, -0.15) is 0 Å². The molecule has 0 aromatic carbocycles. The molecule has 2 aliphatic heterocycles. The van der Waals surface area contributed by atoms with Gasteiger partial charge in [0.1, 0.15) is 0 Å². The van der Waals surface area contributed by atoms with E-state index in [-0.39, 0.29) is 11.4 Å². The van der Waals surface area contributed by atoms with E-state index >= 15 is 0 Å². The van der Waals surface area contributed by atoms with Crippen LogP contribution in [0.1, 0.15) is 56.0 Å². The van der Waals surface area contributed by atoms with Crippen molar-refractivity contribution in [3.8, 4) is 0 Å². The smallest absolute Gasteiger partial charge is 0.320 e. The Kier molecular flexibility index (Phi) is 4.17. The normalized spacial score (nSPS) is 21.1. The Hall–Kier alpha value is -2.44. The van der Waals surface area contributed by atoms with Gasteiger partial charge in [0.15, 0.2) is 0 Å². The molecule has 7 nitrogen and oxygen atoms in total. The van der Waals surface area contributed by atoms with E-state index in [0.29, 0.717) is 11.8 Å². The van der Waals surface area contributed by atoms with Crippen LogP contribution in [-0.4, -0.2) is 62.4 Å². The third kappa shape index (κ3) is 3.18. The number of urea groups is 1. The Morgan fingerprint density at radius 1 is 1.12 bits per heavy atom. The van der Waals surface area contributed by atoms with Crippen molar-refractivity contribution in [2.24, 2.45) is 0 Å². The first-order valence-electron chi connectivity index (χ1n) is 9.28. The summed E-state index contributed by atoms with van der Waals surface area (Å²) in [4.78, 5) is 21.2. The number of nitrogens with one attached hydrogen (secondary N) is 1. The van der Waals surface area contributed by atoms with E-state index in [1.165, 1.54) is 5.56 Å². The molecule has 2 fully saturated rings. The van der Waals surface area contributed by atoms with Gasteiger partial charge in [0, 0.05) is 55.3 Å². The van der Waals surface area contributed by atoms with Crippen molar-refractivity contribution < 1.29 is 4.79 Å². The fourth-order valence-corrected chi connectivity index (χ4v) is 3.73. The van der Waals surface area contributed by atoms with Gasteiger partial charge in [-0.1, -0.05) is 32.1 Å². The molecule has 2 aromatic heterocycles. The average Bonchev–Trinajstić information content (AvgIpc) is 3.24. The number of H-pyrrole nitrogens is 1. The summed E-state index contributed by atoms with van der Waals surface area (Å²) in [5.41, 5.74) is 3.41. The van der Waals surface area contributed by atoms with Crippen LogP contribution in [-0.2, 0) is 5.41 Å². The van der Waals surface area contributed by atoms with E-state index in [1.807, 2.05) is 16.0 Å². The number of carbonyl (C=O) groups excluding carboxylic acids is 1. The monoisotopic (exact) mass is 354 g/mol. The standard InChI is InChI=1S/C19H26N6O/c1-19(2,3)17-5-4-13(8-20-17)15-11-25(12-15)18(26)24-7-6-14(10-24)16-9-21-23-22-16/h4-5,8-9,14-15H,6-7,10-12H2,1-3H3,(H,21,22,23)/t14-/m0/s1. The Balaban J connectivity index is 1.31. The first-order valence-corrected chi connectivity index (χ1v) is 9.28. The van der Waals surface area contributed by atoms with Crippen LogP contribution in [0.4, 0.5) is 4.79 Å². The van der Waals surface area contributed by atoms with Crippen LogP contribution in [0.5, 0.6) is 0 Å². The lowest BCUT2D eigenvalue weighted by atomic mass is 9.89. The summed E-state index contributed by atoms with van der Waals surface area (Å²) in [6.07, 6.45) is 4.70. The van der Waals surface area contributed by atoms with Crippen LogP contribution in [0.25, 0.3) is 0 Å². The molecule has 2 aromatic rings. The van der Waals surface area contributed by atoms with Gasteiger partial charge in [0.25, 0.3) is 0 Å². The fraction of sp³-hybridized carbons (Fsp3) is 0.579. The number of aromatic amines is 1. The summed E-state index contributed by atoms with van der Waals surface area (Å²) in [6.45, 7) is 9.60. The van der Waals surface area contributed by atoms with Gasteiger partial charge >= 0.3 is 6.03 Å². The lowest BCUT2D eigenvalue weighted by Gasteiger charge is -2.41. The predicted molar refractivity (Wildman–Crippen MR) is 98.0 cm³/mol. The predicted octanol–water partition coefficient (Wildman–Crippen LogP) is 2.51. The number of nitrogens with zero attached hydrogens (tertiary/aromatic N) is 5. The Morgan fingerprint density at radius 2 is 1.88 bits per heavy atom. The van der Waals surface area contributed by atoms with Crippen LogP contribution in [0.2, 0.25) is 0 Å². The lowest BCUT2D eigenvalue weighted by molar-refractivity contribution is 0.121. The number of carbonyl (C=O) groups is 1.